The smallest absolute Gasteiger partial charge is 0.408 e. The van der Waals surface area contributed by atoms with E-state index in [0.29, 0.717) is 12.0 Å². The second-order valence-electron chi connectivity index (χ2n) is 13.5. The van der Waals surface area contributed by atoms with Gasteiger partial charge in [-0.2, -0.15) is 0 Å². The zero-order chi connectivity index (χ0) is 34.8. The van der Waals surface area contributed by atoms with E-state index in [-0.39, 0.29) is 24.3 Å². The molecule has 4 unspecified atom stereocenters. The normalized spacial score (nSPS) is 14.3. The number of phenols is 1. The van der Waals surface area contributed by atoms with E-state index in [9.17, 15) is 29.4 Å². The Kier molecular flexibility index (Phi) is 13.6. The number of aryl methyl sites for hydroxylation is 1. The van der Waals surface area contributed by atoms with Crippen LogP contribution in [-0.4, -0.2) is 75.4 Å². The summed E-state index contributed by atoms with van der Waals surface area (Å²) in [6.07, 6.45) is -0.233. The van der Waals surface area contributed by atoms with Crippen LogP contribution in [0.15, 0.2) is 48.5 Å². The van der Waals surface area contributed by atoms with Gasteiger partial charge < -0.3 is 35.2 Å². The predicted octanol–water partition coefficient (Wildman–Crippen LogP) is 4.57. The van der Waals surface area contributed by atoms with Crippen LogP contribution >= 0.6 is 0 Å². The molecule has 4 atom stereocenters. The van der Waals surface area contributed by atoms with Crippen molar-refractivity contribution in [3.8, 4) is 5.75 Å². The van der Waals surface area contributed by atoms with Gasteiger partial charge in [0.05, 0.1) is 6.61 Å². The lowest BCUT2D eigenvalue weighted by Crippen LogP contribution is -2.57. The van der Waals surface area contributed by atoms with Crippen molar-refractivity contribution < 1.29 is 38.9 Å². The molecule has 0 saturated heterocycles. The fraction of sp³-hybridized carbons (Fsp3) is 0.543. The molecule has 11 nitrogen and oxygen atoms in total. The number of amides is 3. The van der Waals surface area contributed by atoms with E-state index < -0.39 is 65.7 Å². The van der Waals surface area contributed by atoms with E-state index >= 15 is 0 Å². The van der Waals surface area contributed by atoms with Crippen molar-refractivity contribution in [1.29, 1.82) is 0 Å². The van der Waals surface area contributed by atoms with Crippen molar-refractivity contribution in [3.63, 3.8) is 0 Å². The highest BCUT2D eigenvalue weighted by molar-refractivity contribution is 5.94. The van der Waals surface area contributed by atoms with Crippen molar-refractivity contribution in [2.45, 2.75) is 104 Å². The van der Waals surface area contributed by atoms with Gasteiger partial charge in [0.2, 0.25) is 11.8 Å². The standard InChI is InChI=1S/C35H51N3O8/c1-10-22(2)27(37-33(44)46-35(7,8)9)31(42)38(19-20-39)28(25-18-14-15-23(3)29(25)40)30(41)36-26(32(43)45-34(4,5)6)21-24-16-12-11-13-17-24/h11-18,22,26-28,39-40H,10,19-21H2,1-9H3,(H,36,41)(H,37,44). The molecule has 46 heavy (non-hydrogen) atoms. The highest BCUT2D eigenvalue weighted by Crippen LogP contribution is 2.33. The summed E-state index contributed by atoms with van der Waals surface area (Å²) in [6, 6.07) is 10.1. The molecule has 0 aliphatic carbocycles. The Hall–Kier alpha value is -4.12. The fourth-order valence-corrected chi connectivity index (χ4v) is 4.79. The van der Waals surface area contributed by atoms with Crippen LogP contribution < -0.4 is 10.6 Å². The van der Waals surface area contributed by atoms with Gasteiger partial charge >= 0.3 is 12.1 Å². The summed E-state index contributed by atoms with van der Waals surface area (Å²) in [5.41, 5.74) is -0.383. The average molecular weight is 642 g/mol. The van der Waals surface area contributed by atoms with Crippen LogP contribution in [0.25, 0.3) is 0 Å². The zero-order valence-corrected chi connectivity index (χ0v) is 28.5. The number of rotatable bonds is 13. The summed E-state index contributed by atoms with van der Waals surface area (Å²) in [5.74, 6) is -2.76. The maximum atomic E-state index is 14.4. The number of hydrogen-bond donors (Lipinski definition) is 4. The van der Waals surface area contributed by atoms with Gasteiger partial charge in [-0.3, -0.25) is 9.59 Å². The lowest BCUT2D eigenvalue weighted by molar-refractivity contribution is -0.159. The number of aliphatic hydroxyl groups excluding tert-OH is 1. The molecule has 0 spiro atoms. The Morgan fingerprint density at radius 2 is 1.50 bits per heavy atom. The van der Waals surface area contributed by atoms with Gasteiger partial charge in [-0.25, -0.2) is 9.59 Å². The second-order valence-corrected chi connectivity index (χ2v) is 13.5. The van der Waals surface area contributed by atoms with E-state index in [1.54, 1.807) is 67.5 Å². The molecule has 4 N–H and O–H groups in total. The minimum atomic E-state index is -1.49. The number of nitrogens with zero attached hydrogens (tertiary/aromatic N) is 1. The molecule has 2 aromatic carbocycles. The van der Waals surface area contributed by atoms with Gasteiger partial charge in [0, 0.05) is 18.5 Å². The number of alkyl carbamates (subject to hydrolysis) is 1. The van der Waals surface area contributed by atoms with Gasteiger partial charge in [-0.15, -0.1) is 0 Å². The molecule has 254 valence electrons. The van der Waals surface area contributed by atoms with Crippen molar-refractivity contribution in [2.24, 2.45) is 5.92 Å². The summed E-state index contributed by atoms with van der Waals surface area (Å²) in [5, 5.41) is 26.7. The first-order valence-electron chi connectivity index (χ1n) is 15.6. The summed E-state index contributed by atoms with van der Waals surface area (Å²) < 4.78 is 11.1. The Morgan fingerprint density at radius 3 is 2.04 bits per heavy atom. The number of aliphatic hydroxyl groups is 1. The number of carbonyl (C=O) groups is 4. The fourth-order valence-electron chi connectivity index (χ4n) is 4.79. The van der Waals surface area contributed by atoms with Crippen LogP contribution in [0.4, 0.5) is 4.79 Å². The third kappa shape index (κ3) is 11.3. The zero-order valence-electron chi connectivity index (χ0n) is 28.5. The van der Waals surface area contributed by atoms with E-state index in [2.05, 4.69) is 10.6 Å². The van der Waals surface area contributed by atoms with E-state index in [1.165, 1.54) is 6.07 Å². The van der Waals surface area contributed by atoms with Crippen molar-refractivity contribution in [1.82, 2.24) is 15.5 Å². The Morgan fingerprint density at radius 1 is 0.891 bits per heavy atom. The summed E-state index contributed by atoms with van der Waals surface area (Å²) in [6.45, 7) is 14.7. The summed E-state index contributed by atoms with van der Waals surface area (Å²) in [4.78, 5) is 56.1. The second kappa shape index (κ2) is 16.4. The van der Waals surface area contributed by atoms with Crippen LogP contribution in [0.2, 0.25) is 0 Å². The maximum Gasteiger partial charge on any atom is 0.408 e. The molecule has 0 heterocycles. The SMILES string of the molecule is CCC(C)C(NC(=O)OC(C)(C)C)C(=O)N(CCO)C(C(=O)NC(Cc1ccccc1)C(=O)OC(C)(C)C)c1cccc(C)c1O. The van der Waals surface area contributed by atoms with Crippen molar-refractivity contribution >= 4 is 23.9 Å². The Labute approximate surface area is 272 Å². The molecule has 0 aliphatic rings. The lowest BCUT2D eigenvalue weighted by Gasteiger charge is -2.36. The molecule has 0 aromatic heterocycles. The number of esters is 1. The topological polar surface area (TPSA) is 154 Å². The molecular formula is C35H51N3O8. The lowest BCUT2D eigenvalue weighted by atomic mass is 9.94. The van der Waals surface area contributed by atoms with Crippen LogP contribution in [-0.2, 0) is 30.3 Å². The number of hydrogen-bond acceptors (Lipinski definition) is 8. The highest BCUT2D eigenvalue weighted by Gasteiger charge is 2.40. The largest absolute Gasteiger partial charge is 0.507 e. The molecule has 2 aromatic rings. The van der Waals surface area contributed by atoms with E-state index in [4.69, 9.17) is 9.47 Å². The van der Waals surface area contributed by atoms with Gasteiger partial charge in [-0.1, -0.05) is 68.8 Å². The number of benzene rings is 2. The number of para-hydroxylation sites is 1. The number of phenolic OH excluding ortho intramolecular Hbond substituents is 1. The van der Waals surface area contributed by atoms with Crippen LogP contribution in [0.1, 0.15) is 84.5 Å². The molecule has 2 rings (SSSR count). The van der Waals surface area contributed by atoms with Crippen LogP contribution in [0.3, 0.4) is 0 Å². The Balaban J connectivity index is 2.65. The number of nitrogens with one attached hydrogen (secondary N) is 2. The number of aromatic hydroxyl groups is 1. The van der Waals surface area contributed by atoms with Crippen molar-refractivity contribution in [2.75, 3.05) is 13.2 Å². The molecule has 0 radical (unpaired) electrons. The van der Waals surface area contributed by atoms with Gasteiger partial charge in [0.25, 0.3) is 0 Å². The van der Waals surface area contributed by atoms with Crippen LogP contribution in [0.5, 0.6) is 5.75 Å². The van der Waals surface area contributed by atoms with Gasteiger partial charge in [0.1, 0.15) is 35.1 Å². The van der Waals surface area contributed by atoms with Crippen molar-refractivity contribution in [3.05, 3.63) is 65.2 Å². The maximum absolute atomic E-state index is 14.4. The minimum absolute atomic E-state index is 0.0853. The van der Waals surface area contributed by atoms with E-state index in [1.807, 2.05) is 37.3 Å². The highest BCUT2D eigenvalue weighted by atomic mass is 16.6. The molecular weight excluding hydrogens is 590 g/mol. The third-order valence-electron chi connectivity index (χ3n) is 7.19. The summed E-state index contributed by atoms with van der Waals surface area (Å²) >= 11 is 0. The monoisotopic (exact) mass is 641 g/mol. The molecule has 0 aliphatic heterocycles. The predicted molar refractivity (Wildman–Crippen MR) is 175 cm³/mol. The first-order valence-corrected chi connectivity index (χ1v) is 15.6. The third-order valence-corrected chi connectivity index (χ3v) is 7.19. The first kappa shape index (κ1) is 38.1. The Bertz CT molecular complexity index is 1330. The van der Waals surface area contributed by atoms with Crippen LogP contribution in [0, 0.1) is 12.8 Å². The average Bonchev–Trinajstić information content (AvgIpc) is 2.95. The van der Waals surface area contributed by atoms with E-state index in [0.717, 1.165) is 10.5 Å². The molecule has 0 bridgehead atoms. The van der Waals surface area contributed by atoms with Gasteiger partial charge in [0.15, 0.2) is 0 Å². The molecule has 11 heteroatoms. The quantitative estimate of drug-likeness (QED) is 0.232. The number of carbonyl (C=O) groups excluding carboxylic acids is 4. The summed E-state index contributed by atoms with van der Waals surface area (Å²) in [7, 11) is 0. The molecule has 0 fully saturated rings. The molecule has 3 amide bonds. The first-order chi connectivity index (χ1) is 21.4. The minimum Gasteiger partial charge on any atom is -0.507 e. The number of ether oxygens (including phenoxy) is 2. The molecule has 0 saturated carbocycles. The van der Waals surface area contributed by atoms with Gasteiger partial charge in [-0.05, 0) is 65.5 Å².